The van der Waals surface area contributed by atoms with Crippen molar-refractivity contribution in [2.75, 3.05) is 12.5 Å². The van der Waals surface area contributed by atoms with Crippen molar-refractivity contribution in [2.45, 2.75) is 50.5 Å². The first-order valence-electron chi connectivity index (χ1n) is 10.7. The van der Waals surface area contributed by atoms with E-state index >= 15 is 0 Å². The Hall–Kier alpha value is -1.21. The quantitative estimate of drug-likeness (QED) is 0.535. The molecule has 0 amide bonds. The van der Waals surface area contributed by atoms with E-state index in [1.165, 1.54) is 6.42 Å². The minimum Gasteiger partial charge on any atom is -0.236 e. The van der Waals surface area contributed by atoms with Crippen molar-refractivity contribution in [1.82, 2.24) is 0 Å². The van der Waals surface area contributed by atoms with Crippen molar-refractivity contribution in [3.8, 4) is 0 Å². The molecule has 146 valence electrons. The Morgan fingerprint density at radius 3 is 1.89 bits per heavy atom. The molecule has 1 saturated carbocycles. The van der Waals surface area contributed by atoms with Gasteiger partial charge < -0.3 is 0 Å². The molecule has 1 fully saturated rings. The molecule has 0 aliphatic heterocycles. The van der Waals surface area contributed by atoms with Gasteiger partial charge in [0, 0.05) is 11.2 Å². The highest BCUT2D eigenvalue weighted by Crippen LogP contribution is 2.71. The van der Waals surface area contributed by atoms with Crippen LogP contribution < -0.4 is 0 Å². The van der Waals surface area contributed by atoms with Crippen LogP contribution in [0.2, 0.25) is 0 Å². The van der Waals surface area contributed by atoms with E-state index in [9.17, 15) is 0 Å². The minimum atomic E-state index is -0.813. The van der Waals surface area contributed by atoms with Crippen molar-refractivity contribution in [3.05, 3.63) is 71.3 Å². The fourth-order valence-corrected chi connectivity index (χ4v) is 11.6. The van der Waals surface area contributed by atoms with Gasteiger partial charge in [0.25, 0.3) is 0 Å². The van der Waals surface area contributed by atoms with Crippen LogP contribution in [-0.2, 0) is 6.42 Å². The molecule has 2 aromatic carbocycles. The number of rotatable bonds is 3. The molecule has 0 radical (unpaired) electrons. The van der Waals surface area contributed by atoms with Crippen LogP contribution in [0.15, 0.2) is 54.6 Å². The third-order valence-electron chi connectivity index (χ3n) is 8.28. The fourth-order valence-electron chi connectivity index (χ4n) is 6.61. The van der Waals surface area contributed by atoms with Crippen LogP contribution in [0, 0.1) is 23.7 Å². The molecule has 0 nitrogen and oxygen atoms in total. The Labute approximate surface area is 168 Å². The molecule has 0 saturated heterocycles. The van der Waals surface area contributed by atoms with Gasteiger partial charge in [-0.15, -0.1) is 0 Å². The van der Waals surface area contributed by atoms with Crippen molar-refractivity contribution in [3.63, 3.8) is 0 Å². The van der Waals surface area contributed by atoms with Crippen LogP contribution in [0.5, 0.6) is 0 Å². The summed E-state index contributed by atoms with van der Waals surface area (Å²) >= 11 is 0. The Morgan fingerprint density at radius 2 is 1.26 bits per heavy atom. The molecule has 6 unspecified atom stereocenters. The molecular formula is C26H36S. The molecule has 6 atom stereocenters. The lowest BCUT2D eigenvalue weighted by molar-refractivity contribution is 0.352. The van der Waals surface area contributed by atoms with Crippen LogP contribution >= 0.6 is 10.0 Å². The maximum Gasteiger partial charge on any atom is 0.0213 e. The standard InChI is InChI=1S/C26H36S/c1-17-18(2)20(4)25(19(17)3)27(5,6)26-23-15-11-10-14-22(23)16-24(26)21-12-8-7-9-13-21/h7-15,17-20,24-26H,16H2,1-6H3. The Bertz CT molecular complexity index is 779. The second-order valence-corrected chi connectivity index (χ2v) is 13.8. The largest absolute Gasteiger partial charge is 0.236 e. The molecule has 27 heavy (non-hydrogen) atoms. The van der Waals surface area contributed by atoms with E-state index in [2.05, 4.69) is 94.8 Å². The maximum absolute atomic E-state index is 2.66. The average Bonchev–Trinajstić information content (AvgIpc) is 3.15. The Balaban J connectivity index is 1.80. The number of fused-ring (bicyclic) bond motifs is 1. The summed E-state index contributed by atoms with van der Waals surface area (Å²) in [4.78, 5) is 0. The molecule has 0 heterocycles. The zero-order valence-electron chi connectivity index (χ0n) is 17.9. The van der Waals surface area contributed by atoms with E-state index in [0.717, 1.165) is 28.9 Å². The summed E-state index contributed by atoms with van der Waals surface area (Å²) in [6, 6.07) is 20.7. The van der Waals surface area contributed by atoms with Gasteiger partial charge in [0.15, 0.2) is 0 Å². The van der Waals surface area contributed by atoms with E-state index in [4.69, 9.17) is 0 Å². The summed E-state index contributed by atoms with van der Waals surface area (Å²) in [6.45, 7) is 10.1. The molecule has 0 bridgehead atoms. The maximum atomic E-state index is 2.66. The highest BCUT2D eigenvalue weighted by molar-refractivity contribution is 8.33. The molecule has 2 aromatic rings. The van der Waals surface area contributed by atoms with Crippen LogP contribution in [0.3, 0.4) is 0 Å². The van der Waals surface area contributed by atoms with Gasteiger partial charge in [0.05, 0.1) is 0 Å². The molecule has 1 heteroatoms. The topological polar surface area (TPSA) is 0 Å². The molecule has 0 spiro atoms. The summed E-state index contributed by atoms with van der Waals surface area (Å²) in [5.41, 5.74) is 4.79. The summed E-state index contributed by atoms with van der Waals surface area (Å²) in [5, 5.41) is 1.54. The molecular weight excluding hydrogens is 344 g/mol. The molecule has 0 N–H and O–H groups in total. The lowest BCUT2D eigenvalue weighted by atomic mass is 9.92. The van der Waals surface area contributed by atoms with Gasteiger partial charge in [-0.1, -0.05) is 82.3 Å². The fraction of sp³-hybridized carbons (Fsp3) is 0.538. The van der Waals surface area contributed by atoms with E-state index in [1.54, 1.807) is 16.7 Å². The van der Waals surface area contributed by atoms with Crippen molar-refractivity contribution in [1.29, 1.82) is 0 Å². The zero-order chi connectivity index (χ0) is 19.3. The van der Waals surface area contributed by atoms with Gasteiger partial charge in [-0.3, -0.25) is 0 Å². The first kappa shape index (κ1) is 19.1. The van der Waals surface area contributed by atoms with Gasteiger partial charge in [0.2, 0.25) is 0 Å². The first-order chi connectivity index (χ1) is 12.8. The molecule has 0 aromatic heterocycles. The lowest BCUT2D eigenvalue weighted by Crippen LogP contribution is -2.31. The predicted octanol–water partition coefficient (Wildman–Crippen LogP) is 7.06. The van der Waals surface area contributed by atoms with Gasteiger partial charge in [-0.2, -0.15) is 0 Å². The summed E-state index contributed by atoms with van der Waals surface area (Å²) < 4.78 is 0. The van der Waals surface area contributed by atoms with Crippen LogP contribution in [-0.4, -0.2) is 17.8 Å². The van der Waals surface area contributed by atoms with E-state index < -0.39 is 10.0 Å². The molecule has 4 rings (SSSR count). The minimum absolute atomic E-state index is 0.638. The van der Waals surface area contributed by atoms with Crippen molar-refractivity contribution in [2.24, 2.45) is 23.7 Å². The third kappa shape index (κ3) is 2.97. The van der Waals surface area contributed by atoms with Crippen LogP contribution in [0.25, 0.3) is 0 Å². The second-order valence-electron chi connectivity index (χ2n) is 9.73. The smallest absolute Gasteiger partial charge is 0.0213 e. The predicted molar refractivity (Wildman–Crippen MR) is 122 cm³/mol. The van der Waals surface area contributed by atoms with Gasteiger partial charge in [-0.05, 0) is 64.5 Å². The highest BCUT2D eigenvalue weighted by Gasteiger charge is 2.52. The van der Waals surface area contributed by atoms with E-state index in [0.29, 0.717) is 11.2 Å². The number of hydrogen-bond acceptors (Lipinski definition) is 0. The lowest BCUT2D eigenvalue weighted by Gasteiger charge is -2.50. The monoisotopic (exact) mass is 380 g/mol. The van der Waals surface area contributed by atoms with E-state index in [1.807, 2.05) is 0 Å². The van der Waals surface area contributed by atoms with Crippen LogP contribution in [0.4, 0.5) is 0 Å². The second kappa shape index (κ2) is 6.99. The normalized spacial score (nSPS) is 36.6. The Morgan fingerprint density at radius 1 is 0.704 bits per heavy atom. The summed E-state index contributed by atoms with van der Waals surface area (Å²) in [5.74, 6) is 3.96. The number of benzene rings is 2. The summed E-state index contributed by atoms with van der Waals surface area (Å²) in [6.07, 6.45) is 6.54. The van der Waals surface area contributed by atoms with E-state index in [-0.39, 0.29) is 0 Å². The average molecular weight is 381 g/mol. The van der Waals surface area contributed by atoms with Gasteiger partial charge >= 0.3 is 0 Å². The molecule has 2 aliphatic carbocycles. The Kier molecular flexibility index (Phi) is 4.95. The first-order valence-corrected chi connectivity index (χ1v) is 13.3. The van der Waals surface area contributed by atoms with Crippen molar-refractivity contribution < 1.29 is 0 Å². The number of hydrogen-bond donors (Lipinski definition) is 0. The van der Waals surface area contributed by atoms with Crippen molar-refractivity contribution >= 4 is 10.0 Å². The summed E-state index contributed by atoms with van der Waals surface area (Å²) in [7, 11) is -0.813. The third-order valence-corrected chi connectivity index (χ3v) is 12.4. The van der Waals surface area contributed by atoms with Gasteiger partial charge in [0.1, 0.15) is 0 Å². The SMILES string of the molecule is CC1C(C)C(C)C(S(C)(C)C2c3ccccc3CC2c2ccccc2)C1C. The molecule has 2 aliphatic rings. The zero-order valence-corrected chi connectivity index (χ0v) is 18.7. The highest BCUT2D eigenvalue weighted by atomic mass is 32.3. The van der Waals surface area contributed by atoms with Gasteiger partial charge in [-0.25, -0.2) is 10.0 Å². The van der Waals surface area contributed by atoms with Crippen LogP contribution in [0.1, 0.15) is 55.6 Å².